The van der Waals surface area contributed by atoms with Crippen molar-refractivity contribution in [1.82, 2.24) is 10.2 Å². The molecule has 5 heteroatoms. The van der Waals surface area contributed by atoms with E-state index in [1.165, 1.54) is 11.3 Å². The lowest BCUT2D eigenvalue weighted by Gasteiger charge is -2.02. The second kappa shape index (κ2) is 4.37. The van der Waals surface area contributed by atoms with Crippen molar-refractivity contribution >= 4 is 22.4 Å². The number of aromatic nitrogens is 2. The number of rotatable bonds is 4. The largest absolute Gasteiger partial charge is 0.300 e. The van der Waals surface area contributed by atoms with E-state index in [4.69, 9.17) is 0 Å². The van der Waals surface area contributed by atoms with Crippen LogP contribution in [-0.2, 0) is 11.2 Å². The van der Waals surface area contributed by atoms with Crippen molar-refractivity contribution in [2.45, 2.75) is 40.5 Å². The van der Waals surface area contributed by atoms with Crippen LogP contribution in [0.5, 0.6) is 0 Å². The molecular formula is C12H19N3OS. The maximum atomic E-state index is 11.8. The minimum Gasteiger partial charge on any atom is -0.300 e. The predicted octanol–water partition coefficient (Wildman–Crippen LogP) is 2.72. The summed E-state index contributed by atoms with van der Waals surface area (Å²) in [5, 5.41) is 12.6. The minimum absolute atomic E-state index is 0.0854. The number of anilines is 1. The first-order valence-corrected chi connectivity index (χ1v) is 6.83. The number of hydrogen-bond donors (Lipinski definition) is 1. The Morgan fingerprint density at radius 1 is 1.53 bits per heavy atom. The van der Waals surface area contributed by atoms with Gasteiger partial charge in [-0.2, -0.15) is 0 Å². The fraction of sp³-hybridized carbons (Fsp3) is 0.750. The zero-order chi connectivity index (χ0) is 12.6. The fourth-order valence-corrected chi connectivity index (χ4v) is 2.80. The van der Waals surface area contributed by atoms with E-state index in [1.807, 2.05) is 0 Å². The van der Waals surface area contributed by atoms with Crippen LogP contribution in [0.2, 0.25) is 0 Å². The van der Waals surface area contributed by atoms with Gasteiger partial charge in [0.25, 0.3) is 0 Å². The van der Waals surface area contributed by atoms with E-state index in [9.17, 15) is 4.79 Å². The lowest BCUT2D eigenvalue weighted by atomic mass is 10.1. The quantitative estimate of drug-likeness (QED) is 0.897. The van der Waals surface area contributed by atoms with Gasteiger partial charge in [-0.15, -0.1) is 10.2 Å². The Bertz CT molecular complexity index is 425. The molecule has 1 atom stereocenters. The molecule has 0 saturated heterocycles. The minimum atomic E-state index is 0.0854. The summed E-state index contributed by atoms with van der Waals surface area (Å²) in [7, 11) is 0. The van der Waals surface area contributed by atoms with Crippen molar-refractivity contribution in [3.8, 4) is 0 Å². The Kier molecular flexibility index (Phi) is 3.21. The fourth-order valence-electron chi connectivity index (χ4n) is 1.84. The first kappa shape index (κ1) is 12.5. The highest BCUT2D eigenvalue weighted by Crippen LogP contribution is 2.52. The maximum absolute atomic E-state index is 11.8. The van der Waals surface area contributed by atoms with Crippen molar-refractivity contribution in [2.24, 2.45) is 17.3 Å². The molecule has 1 unspecified atom stereocenters. The van der Waals surface area contributed by atoms with Gasteiger partial charge in [0.15, 0.2) is 0 Å². The Morgan fingerprint density at radius 2 is 2.18 bits per heavy atom. The molecule has 0 bridgehead atoms. The Balaban J connectivity index is 1.91. The molecule has 1 fully saturated rings. The molecule has 17 heavy (non-hydrogen) atoms. The standard InChI is InChI=1S/C12H19N3OS/c1-7(2)5-9-14-15-11(17-9)13-10(16)8-6-12(8,3)4/h7-8H,5-6H2,1-4H3,(H,13,15,16). The van der Waals surface area contributed by atoms with Gasteiger partial charge in [0.2, 0.25) is 11.0 Å². The van der Waals surface area contributed by atoms with Gasteiger partial charge in [0, 0.05) is 12.3 Å². The van der Waals surface area contributed by atoms with Gasteiger partial charge in [-0.3, -0.25) is 4.79 Å². The average Bonchev–Trinajstić information content (AvgIpc) is 2.63. The van der Waals surface area contributed by atoms with Crippen LogP contribution in [0.1, 0.15) is 39.1 Å². The highest BCUT2D eigenvalue weighted by atomic mass is 32.1. The van der Waals surface area contributed by atoms with Crippen molar-refractivity contribution in [2.75, 3.05) is 5.32 Å². The molecule has 1 N–H and O–H groups in total. The molecule has 1 aromatic rings. The van der Waals surface area contributed by atoms with E-state index in [1.54, 1.807) is 0 Å². The van der Waals surface area contributed by atoms with E-state index < -0.39 is 0 Å². The van der Waals surface area contributed by atoms with E-state index in [-0.39, 0.29) is 17.2 Å². The molecule has 4 nitrogen and oxygen atoms in total. The van der Waals surface area contributed by atoms with Gasteiger partial charge < -0.3 is 5.32 Å². The van der Waals surface area contributed by atoms with Crippen LogP contribution in [-0.4, -0.2) is 16.1 Å². The first-order valence-electron chi connectivity index (χ1n) is 6.02. The number of nitrogens with one attached hydrogen (secondary N) is 1. The van der Waals surface area contributed by atoms with Crippen molar-refractivity contribution in [3.63, 3.8) is 0 Å². The van der Waals surface area contributed by atoms with Crippen molar-refractivity contribution in [3.05, 3.63) is 5.01 Å². The van der Waals surface area contributed by atoms with Crippen LogP contribution < -0.4 is 5.32 Å². The van der Waals surface area contributed by atoms with Gasteiger partial charge in [0.05, 0.1) is 0 Å². The molecule has 94 valence electrons. The molecule has 1 amide bonds. The summed E-state index contributed by atoms with van der Waals surface area (Å²) in [4.78, 5) is 11.8. The van der Waals surface area contributed by atoms with Gasteiger partial charge in [0.1, 0.15) is 5.01 Å². The molecule has 0 spiro atoms. The van der Waals surface area contributed by atoms with E-state index in [0.29, 0.717) is 11.0 Å². The normalized spacial score (nSPS) is 21.6. The number of nitrogens with zero attached hydrogens (tertiary/aromatic N) is 2. The number of carbonyl (C=O) groups is 1. The summed E-state index contributed by atoms with van der Waals surface area (Å²) >= 11 is 1.48. The molecule has 1 aliphatic rings. The maximum Gasteiger partial charge on any atom is 0.229 e. The SMILES string of the molecule is CC(C)Cc1nnc(NC(=O)C2CC2(C)C)s1. The summed E-state index contributed by atoms with van der Waals surface area (Å²) in [5.74, 6) is 0.788. The van der Waals surface area contributed by atoms with E-state index in [0.717, 1.165) is 17.8 Å². The van der Waals surface area contributed by atoms with E-state index in [2.05, 4.69) is 43.2 Å². The van der Waals surface area contributed by atoms with Gasteiger partial charge in [-0.1, -0.05) is 39.0 Å². The highest BCUT2D eigenvalue weighted by Gasteiger charge is 2.50. The molecule has 1 heterocycles. The summed E-state index contributed by atoms with van der Waals surface area (Å²) in [6, 6.07) is 0. The van der Waals surface area contributed by atoms with E-state index >= 15 is 0 Å². The Morgan fingerprint density at radius 3 is 2.71 bits per heavy atom. The molecule has 2 rings (SSSR count). The summed E-state index contributed by atoms with van der Waals surface area (Å²) < 4.78 is 0. The summed E-state index contributed by atoms with van der Waals surface area (Å²) in [6.45, 7) is 8.52. The topological polar surface area (TPSA) is 54.9 Å². The van der Waals surface area contributed by atoms with Crippen LogP contribution in [0.3, 0.4) is 0 Å². The van der Waals surface area contributed by atoms with Crippen LogP contribution in [0.25, 0.3) is 0 Å². The van der Waals surface area contributed by atoms with Crippen LogP contribution in [0.15, 0.2) is 0 Å². The molecule has 1 aliphatic carbocycles. The monoisotopic (exact) mass is 253 g/mol. The lowest BCUT2D eigenvalue weighted by Crippen LogP contribution is -2.16. The van der Waals surface area contributed by atoms with Gasteiger partial charge in [-0.05, 0) is 17.8 Å². The Labute approximate surface area is 106 Å². The summed E-state index contributed by atoms with van der Waals surface area (Å²) in [5.41, 5.74) is 0.162. The van der Waals surface area contributed by atoms with Gasteiger partial charge in [-0.25, -0.2) is 0 Å². The summed E-state index contributed by atoms with van der Waals surface area (Å²) in [6.07, 6.45) is 1.89. The van der Waals surface area contributed by atoms with Gasteiger partial charge >= 0.3 is 0 Å². The smallest absolute Gasteiger partial charge is 0.229 e. The second-order valence-corrected chi connectivity index (χ2v) is 6.90. The number of hydrogen-bond acceptors (Lipinski definition) is 4. The van der Waals surface area contributed by atoms with Crippen molar-refractivity contribution in [1.29, 1.82) is 0 Å². The Hall–Kier alpha value is -0.970. The highest BCUT2D eigenvalue weighted by molar-refractivity contribution is 7.15. The van der Waals surface area contributed by atoms with Crippen LogP contribution in [0, 0.1) is 17.3 Å². The average molecular weight is 253 g/mol. The van der Waals surface area contributed by atoms with Crippen LogP contribution >= 0.6 is 11.3 Å². The third-order valence-corrected chi connectivity index (χ3v) is 3.97. The zero-order valence-electron chi connectivity index (χ0n) is 10.8. The molecule has 0 aliphatic heterocycles. The third kappa shape index (κ3) is 3.03. The molecule has 0 aromatic carbocycles. The lowest BCUT2D eigenvalue weighted by molar-refractivity contribution is -0.118. The van der Waals surface area contributed by atoms with Crippen LogP contribution in [0.4, 0.5) is 5.13 Å². The predicted molar refractivity (Wildman–Crippen MR) is 69.0 cm³/mol. The first-order chi connectivity index (χ1) is 7.88. The molecular weight excluding hydrogens is 234 g/mol. The van der Waals surface area contributed by atoms with Crippen molar-refractivity contribution < 1.29 is 4.79 Å². The molecule has 1 saturated carbocycles. The molecule has 0 radical (unpaired) electrons. The third-order valence-electron chi connectivity index (χ3n) is 3.11. The number of amides is 1. The number of carbonyl (C=O) groups excluding carboxylic acids is 1. The zero-order valence-corrected chi connectivity index (χ0v) is 11.6. The molecule has 1 aromatic heterocycles. The second-order valence-electron chi connectivity index (χ2n) is 5.83.